The van der Waals surface area contributed by atoms with Gasteiger partial charge in [0.05, 0.1) is 28.0 Å². The summed E-state index contributed by atoms with van der Waals surface area (Å²) < 4.78 is 45.6. The number of aromatic nitrogens is 1. The molecule has 1 saturated heterocycles. The van der Waals surface area contributed by atoms with Crippen LogP contribution >= 0.6 is 11.3 Å². The summed E-state index contributed by atoms with van der Waals surface area (Å²) in [5.74, 6) is -0.154. The molecule has 26 heavy (non-hydrogen) atoms. The summed E-state index contributed by atoms with van der Waals surface area (Å²) >= 11 is 0.897. The van der Waals surface area contributed by atoms with Gasteiger partial charge in [-0.15, -0.1) is 11.3 Å². The second kappa shape index (κ2) is 7.79. The number of methoxy groups -OCH3 is 1. The fraction of sp³-hybridized carbons (Fsp3) is 0.529. The molecule has 5 nitrogen and oxygen atoms in total. The van der Waals surface area contributed by atoms with Gasteiger partial charge in [0.25, 0.3) is 5.91 Å². The van der Waals surface area contributed by atoms with E-state index in [1.165, 1.54) is 12.5 Å². The van der Waals surface area contributed by atoms with Crippen LogP contribution in [0.2, 0.25) is 0 Å². The Morgan fingerprint density at radius 2 is 2.08 bits per heavy atom. The number of rotatable bonds is 5. The maximum atomic E-state index is 13.6. The third-order valence-corrected chi connectivity index (χ3v) is 5.33. The highest BCUT2D eigenvalue weighted by molar-refractivity contribution is 7.17. The van der Waals surface area contributed by atoms with E-state index in [1.54, 1.807) is 0 Å². The van der Waals surface area contributed by atoms with Gasteiger partial charge in [0.1, 0.15) is 5.82 Å². The van der Waals surface area contributed by atoms with Crippen molar-refractivity contribution in [1.29, 1.82) is 0 Å². The molecular weight excluding hydrogens is 367 g/mol. The van der Waals surface area contributed by atoms with Gasteiger partial charge in [-0.1, -0.05) is 0 Å². The van der Waals surface area contributed by atoms with E-state index in [0.717, 1.165) is 36.7 Å². The van der Waals surface area contributed by atoms with Gasteiger partial charge in [0, 0.05) is 32.1 Å². The Kier molecular flexibility index (Phi) is 5.67. The minimum Gasteiger partial charge on any atom is -0.383 e. The van der Waals surface area contributed by atoms with Crippen LogP contribution in [0.25, 0.3) is 10.2 Å². The first-order chi connectivity index (χ1) is 12.4. The molecule has 3 heterocycles. The van der Waals surface area contributed by atoms with E-state index in [4.69, 9.17) is 4.74 Å². The predicted molar refractivity (Wildman–Crippen MR) is 94.9 cm³/mol. The number of hydrogen-bond acceptors (Lipinski definition) is 5. The molecule has 1 fully saturated rings. The van der Waals surface area contributed by atoms with E-state index in [0.29, 0.717) is 19.7 Å². The Hall–Kier alpha value is -1.87. The van der Waals surface area contributed by atoms with Crippen LogP contribution in [0, 0.1) is 0 Å². The molecule has 1 amide bonds. The van der Waals surface area contributed by atoms with E-state index in [1.807, 2.05) is 4.90 Å². The minimum atomic E-state index is -4.50. The van der Waals surface area contributed by atoms with Crippen molar-refractivity contribution in [3.8, 4) is 0 Å². The number of pyridine rings is 1. The first-order valence-electron chi connectivity index (χ1n) is 8.43. The molecule has 0 radical (unpaired) electrons. The third kappa shape index (κ3) is 3.93. The van der Waals surface area contributed by atoms with Crippen LogP contribution in [-0.4, -0.2) is 44.2 Å². The number of halogens is 3. The maximum absolute atomic E-state index is 13.6. The predicted octanol–water partition coefficient (Wildman–Crippen LogP) is 3.68. The van der Waals surface area contributed by atoms with E-state index < -0.39 is 17.6 Å². The second-order valence-corrected chi connectivity index (χ2v) is 7.03. The van der Waals surface area contributed by atoms with E-state index in [-0.39, 0.29) is 28.1 Å². The quantitative estimate of drug-likeness (QED) is 0.796. The van der Waals surface area contributed by atoms with Gasteiger partial charge in [-0.05, 0) is 25.3 Å². The van der Waals surface area contributed by atoms with Crippen LogP contribution in [0.4, 0.5) is 19.0 Å². The lowest BCUT2D eigenvalue weighted by Gasteiger charge is -2.28. The van der Waals surface area contributed by atoms with E-state index in [2.05, 4.69) is 10.3 Å². The van der Waals surface area contributed by atoms with Gasteiger partial charge in [-0.2, -0.15) is 13.2 Å². The van der Waals surface area contributed by atoms with Gasteiger partial charge in [0.2, 0.25) is 0 Å². The van der Waals surface area contributed by atoms with Crippen LogP contribution in [0.5, 0.6) is 0 Å². The molecule has 0 saturated carbocycles. The first kappa shape index (κ1) is 18.9. The van der Waals surface area contributed by atoms with Crippen molar-refractivity contribution in [3.05, 3.63) is 22.6 Å². The molecule has 0 spiro atoms. The van der Waals surface area contributed by atoms with Crippen molar-refractivity contribution >= 4 is 33.3 Å². The van der Waals surface area contributed by atoms with Crippen molar-refractivity contribution in [1.82, 2.24) is 10.3 Å². The molecule has 0 aromatic carbocycles. The van der Waals surface area contributed by atoms with Gasteiger partial charge in [-0.25, -0.2) is 4.98 Å². The number of alkyl halides is 3. The summed E-state index contributed by atoms with van der Waals surface area (Å²) in [7, 11) is 1.51. The largest absolute Gasteiger partial charge is 0.417 e. The fourth-order valence-electron chi connectivity index (χ4n) is 3.01. The number of thiophene rings is 1. The van der Waals surface area contributed by atoms with Crippen molar-refractivity contribution < 1.29 is 22.7 Å². The minimum absolute atomic E-state index is 0.00449. The topological polar surface area (TPSA) is 54.5 Å². The number of carbonyl (C=O) groups is 1. The summed E-state index contributed by atoms with van der Waals surface area (Å²) in [6, 6.07) is 1.11. The smallest absolute Gasteiger partial charge is 0.383 e. The Bertz CT molecular complexity index is 785. The summed E-state index contributed by atoms with van der Waals surface area (Å²) in [4.78, 5) is 18.6. The molecule has 2 aromatic heterocycles. The molecule has 0 atom stereocenters. The normalized spacial score (nSPS) is 15.5. The Labute approximate surface area is 153 Å². The molecule has 0 aliphatic carbocycles. The Morgan fingerprint density at radius 1 is 1.35 bits per heavy atom. The average Bonchev–Trinajstić information content (AvgIpc) is 3.05. The van der Waals surface area contributed by atoms with Crippen molar-refractivity contribution in [2.24, 2.45) is 0 Å². The van der Waals surface area contributed by atoms with Crippen molar-refractivity contribution in [2.75, 3.05) is 38.3 Å². The zero-order valence-electron chi connectivity index (χ0n) is 14.4. The summed E-state index contributed by atoms with van der Waals surface area (Å²) in [6.07, 6.45) is -1.58. The molecule has 0 bridgehead atoms. The SMILES string of the molecule is COCCNC(=O)c1csc2c(C(F)(F)F)cc(N3CCCCC3)nc12. The molecule has 3 rings (SSSR count). The second-order valence-electron chi connectivity index (χ2n) is 6.15. The number of carbonyl (C=O) groups excluding carboxylic acids is 1. The molecule has 1 aliphatic rings. The van der Waals surface area contributed by atoms with Gasteiger partial charge in [-0.3, -0.25) is 4.79 Å². The number of piperidine rings is 1. The van der Waals surface area contributed by atoms with E-state index >= 15 is 0 Å². The lowest BCUT2D eigenvalue weighted by molar-refractivity contribution is -0.136. The number of anilines is 1. The molecule has 1 aliphatic heterocycles. The van der Waals surface area contributed by atoms with Crippen LogP contribution in [-0.2, 0) is 10.9 Å². The molecule has 2 aromatic rings. The van der Waals surface area contributed by atoms with Crippen LogP contribution < -0.4 is 10.2 Å². The molecule has 9 heteroatoms. The highest BCUT2D eigenvalue weighted by Crippen LogP contribution is 2.40. The number of amides is 1. The van der Waals surface area contributed by atoms with Gasteiger partial charge >= 0.3 is 6.18 Å². The van der Waals surface area contributed by atoms with Crippen LogP contribution in [0.1, 0.15) is 35.2 Å². The maximum Gasteiger partial charge on any atom is 0.417 e. The average molecular weight is 387 g/mol. The van der Waals surface area contributed by atoms with Crippen molar-refractivity contribution in [2.45, 2.75) is 25.4 Å². The summed E-state index contributed by atoms with van der Waals surface area (Å²) in [6.45, 7) is 1.96. The number of nitrogens with one attached hydrogen (secondary N) is 1. The number of ether oxygens (including phenoxy) is 1. The number of hydrogen-bond donors (Lipinski definition) is 1. The van der Waals surface area contributed by atoms with Gasteiger partial charge in [0.15, 0.2) is 0 Å². The number of nitrogens with zero attached hydrogens (tertiary/aromatic N) is 2. The van der Waals surface area contributed by atoms with Crippen molar-refractivity contribution in [3.63, 3.8) is 0 Å². The summed E-state index contributed by atoms with van der Waals surface area (Å²) in [5, 5.41) is 4.08. The Balaban J connectivity index is 2.04. The lowest BCUT2D eigenvalue weighted by Crippen LogP contribution is -2.30. The molecule has 0 unspecified atom stereocenters. The van der Waals surface area contributed by atoms with Crippen LogP contribution in [0.3, 0.4) is 0 Å². The Morgan fingerprint density at radius 3 is 2.73 bits per heavy atom. The van der Waals surface area contributed by atoms with E-state index in [9.17, 15) is 18.0 Å². The summed E-state index contributed by atoms with van der Waals surface area (Å²) in [5.41, 5.74) is -0.449. The first-order valence-corrected chi connectivity index (χ1v) is 9.31. The van der Waals surface area contributed by atoms with Crippen LogP contribution in [0.15, 0.2) is 11.4 Å². The molecule has 1 N–H and O–H groups in total. The molecule has 142 valence electrons. The van der Waals surface area contributed by atoms with Gasteiger partial charge < -0.3 is 15.0 Å². The molecular formula is C17H20F3N3O2S. The lowest BCUT2D eigenvalue weighted by atomic mass is 10.1. The zero-order valence-corrected chi connectivity index (χ0v) is 15.2. The highest BCUT2D eigenvalue weighted by Gasteiger charge is 2.35. The highest BCUT2D eigenvalue weighted by atomic mass is 32.1. The monoisotopic (exact) mass is 387 g/mol. The zero-order chi connectivity index (χ0) is 18.7. The fourth-order valence-corrected chi connectivity index (χ4v) is 4.04. The third-order valence-electron chi connectivity index (χ3n) is 4.33. The standard InChI is InChI=1S/C17H20F3N3O2S/c1-25-8-5-21-16(24)11-10-26-15-12(17(18,19)20)9-13(22-14(11)15)23-6-3-2-4-7-23/h9-10H,2-8H2,1H3,(H,21,24). The number of fused-ring (bicyclic) bond motifs is 1.